The van der Waals surface area contributed by atoms with Crippen molar-refractivity contribution in [1.82, 2.24) is 15.3 Å². The number of aromatic nitrogens is 2. The van der Waals surface area contributed by atoms with Crippen LogP contribution in [-0.2, 0) is 6.54 Å². The van der Waals surface area contributed by atoms with E-state index in [0.29, 0.717) is 5.69 Å². The van der Waals surface area contributed by atoms with Crippen LogP contribution in [0, 0.1) is 5.95 Å². The number of H-pyrrole nitrogens is 1. The molecule has 0 aromatic carbocycles. The summed E-state index contributed by atoms with van der Waals surface area (Å²) in [5, 5.41) is 4.09. The summed E-state index contributed by atoms with van der Waals surface area (Å²) in [7, 11) is 0. The summed E-state index contributed by atoms with van der Waals surface area (Å²) >= 11 is 1.01. The number of rotatable bonds is 3. The van der Waals surface area contributed by atoms with Crippen LogP contribution in [0.5, 0.6) is 0 Å². The fourth-order valence-corrected chi connectivity index (χ4v) is 1.81. The highest BCUT2D eigenvalue weighted by Gasteiger charge is 2.11. The van der Waals surface area contributed by atoms with Crippen molar-refractivity contribution >= 4 is 17.2 Å². The van der Waals surface area contributed by atoms with Crippen molar-refractivity contribution in [2.24, 2.45) is 0 Å². The molecule has 0 aliphatic carbocycles. The molecule has 0 saturated heterocycles. The fourth-order valence-electron chi connectivity index (χ4n) is 1.23. The molecule has 0 fully saturated rings. The molecule has 7 heteroatoms. The van der Waals surface area contributed by atoms with Gasteiger partial charge in [0, 0.05) is 17.3 Å². The number of aromatic amines is 1. The maximum absolute atomic E-state index is 13.1. The Bertz CT molecular complexity index is 593. The lowest BCUT2D eigenvalue weighted by atomic mass is 10.2. The fraction of sp³-hybridized carbons (Fsp3) is 0.100. The van der Waals surface area contributed by atoms with Crippen LogP contribution < -0.4 is 10.2 Å². The van der Waals surface area contributed by atoms with Crippen molar-refractivity contribution in [3.05, 3.63) is 50.6 Å². The van der Waals surface area contributed by atoms with E-state index in [9.17, 15) is 14.0 Å². The lowest BCUT2D eigenvalue weighted by molar-refractivity contribution is 0.0945. The van der Waals surface area contributed by atoms with Crippen LogP contribution in [0.1, 0.15) is 16.1 Å². The first-order chi connectivity index (χ1) is 8.16. The number of pyridine rings is 1. The molecule has 2 aromatic heterocycles. The number of amides is 1. The third-order valence-corrected chi connectivity index (χ3v) is 2.73. The molecule has 0 saturated carbocycles. The number of hydrogen-bond acceptors (Lipinski definition) is 4. The highest BCUT2D eigenvalue weighted by molar-refractivity contribution is 7.07. The molecule has 88 valence electrons. The van der Waals surface area contributed by atoms with Crippen LogP contribution in [0.3, 0.4) is 0 Å². The highest BCUT2D eigenvalue weighted by Crippen LogP contribution is 2.03. The molecule has 5 nitrogen and oxygen atoms in total. The second-order valence-corrected chi connectivity index (χ2v) is 4.04. The zero-order valence-corrected chi connectivity index (χ0v) is 9.38. The second-order valence-electron chi connectivity index (χ2n) is 3.20. The molecule has 0 aliphatic heterocycles. The van der Waals surface area contributed by atoms with Gasteiger partial charge in [-0.3, -0.25) is 9.59 Å². The minimum atomic E-state index is -0.816. The summed E-state index contributed by atoms with van der Waals surface area (Å²) in [5.74, 6) is -1.38. The van der Waals surface area contributed by atoms with Crippen LogP contribution >= 0.6 is 11.3 Å². The van der Waals surface area contributed by atoms with Gasteiger partial charge in [-0.15, -0.1) is 0 Å². The van der Waals surface area contributed by atoms with E-state index in [1.807, 2.05) is 0 Å². The number of nitrogens with one attached hydrogen (secondary N) is 2. The minimum Gasteiger partial charge on any atom is -0.346 e. The molecule has 0 spiro atoms. The van der Waals surface area contributed by atoms with E-state index >= 15 is 0 Å². The van der Waals surface area contributed by atoms with E-state index in [2.05, 4.69) is 15.3 Å². The minimum absolute atomic E-state index is 0.120. The van der Waals surface area contributed by atoms with E-state index in [1.165, 1.54) is 18.3 Å². The second kappa shape index (κ2) is 4.88. The molecule has 2 N–H and O–H groups in total. The molecular weight excluding hydrogens is 245 g/mol. The third-order valence-electron chi connectivity index (χ3n) is 2.01. The van der Waals surface area contributed by atoms with Gasteiger partial charge in [0.25, 0.3) is 5.91 Å². The van der Waals surface area contributed by atoms with Gasteiger partial charge in [-0.05, 0) is 12.1 Å². The number of halogens is 1. The molecule has 0 radical (unpaired) electrons. The van der Waals surface area contributed by atoms with Gasteiger partial charge in [-0.1, -0.05) is 11.3 Å². The Hall–Kier alpha value is -2.02. The number of carbonyl (C=O) groups excluding carboxylic acids is 1. The lowest BCUT2D eigenvalue weighted by Crippen LogP contribution is -2.24. The SMILES string of the molecule is O=C(NCc1csc(=O)[nH]1)c1cccnc1F. The zero-order chi connectivity index (χ0) is 12.3. The molecule has 17 heavy (non-hydrogen) atoms. The highest BCUT2D eigenvalue weighted by atomic mass is 32.1. The number of hydrogen-bond donors (Lipinski definition) is 2. The maximum Gasteiger partial charge on any atom is 0.304 e. The van der Waals surface area contributed by atoms with Crippen molar-refractivity contribution in [3.8, 4) is 0 Å². The summed E-state index contributed by atoms with van der Waals surface area (Å²) in [6.07, 6.45) is 1.27. The Morgan fingerprint density at radius 3 is 3.06 bits per heavy atom. The Labute approximate surface area is 99.3 Å². The first-order valence-corrected chi connectivity index (χ1v) is 5.60. The molecule has 0 aliphatic rings. The Morgan fingerprint density at radius 2 is 2.41 bits per heavy atom. The summed E-state index contributed by atoms with van der Waals surface area (Å²) < 4.78 is 13.1. The largest absolute Gasteiger partial charge is 0.346 e. The first kappa shape index (κ1) is 11.5. The van der Waals surface area contributed by atoms with Gasteiger partial charge in [-0.2, -0.15) is 4.39 Å². The molecule has 1 amide bonds. The van der Waals surface area contributed by atoms with Crippen LogP contribution in [0.25, 0.3) is 0 Å². The van der Waals surface area contributed by atoms with Crippen LogP contribution in [0.4, 0.5) is 4.39 Å². The molecule has 2 heterocycles. The van der Waals surface area contributed by atoms with Gasteiger partial charge in [0.1, 0.15) is 0 Å². The number of nitrogens with zero attached hydrogens (tertiary/aromatic N) is 1. The molecular formula is C10H8FN3O2S. The van der Waals surface area contributed by atoms with Gasteiger partial charge in [0.15, 0.2) is 0 Å². The zero-order valence-electron chi connectivity index (χ0n) is 8.57. The van der Waals surface area contributed by atoms with Crippen molar-refractivity contribution in [3.63, 3.8) is 0 Å². The van der Waals surface area contributed by atoms with E-state index in [0.717, 1.165) is 11.3 Å². The lowest BCUT2D eigenvalue weighted by Gasteiger charge is -2.03. The third kappa shape index (κ3) is 2.76. The molecule has 0 unspecified atom stereocenters. The quantitative estimate of drug-likeness (QED) is 0.798. The first-order valence-electron chi connectivity index (χ1n) is 4.72. The van der Waals surface area contributed by atoms with Gasteiger partial charge in [-0.25, -0.2) is 4.98 Å². The van der Waals surface area contributed by atoms with E-state index < -0.39 is 11.9 Å². The van der Waals surface area contributed by atoms with Gasteiger partial charge in [0.05, 0.1) is 12.1 Å². The van der Waals surface area contributed by atoms with Gasteiger partial charge in [0.2, 0.25) is 5.95 Å². The maximum atomic E-state index is 13.1. The van der Waals surface area contributed by atoms with Crippen LogP contribution in [0.2, 0.25) is 0 Å². The average Bonchev–Trinajstić information content (AvgIpc) is 2.73. The van der Waals surface area contributed by atoms with Crippen molar-refractivity contribution < 1.29 is 9.18 Å². The monoisotopic (exact) mass is 253 g/mol. The summed E-state index contributed by atoms with van der Waals surface area (Å²) in [4.78, 5) is 28.1. The van der Waals surface area contributed by atoms with E-state index in [1.54, 1.807) is 5.38 Å². The molecule has 0 atom stereocenters. The van der Waals surface area contributed by atoms with Crippen LogP contribution in [-0.4, -0.2) is 15.9 Å². The van der Waals surface area contributed by atoms with E-state index in [4.69, 9.17) is 0 Å². The van der Waals surface area contributed by atoms with Crippen LogP contribution in [0.15, 0.2) is 28.5 Å². The number of thiazole rings is 1. The predicted octanol–water partition coefficient (Wildman–Crippen LogP) is 0.901. The van der Waals surface area contributed by atoms with Crippen molar-refractivity contribution in [2.75, 3.05) is 0 Å². The summed E-state index contributed by atoms with van der Waals surface area (Å²) in [5.41, 5.74) is 0.461. The molecule has 0 bridgehead atoms. The topological polar surface area (TPSA) is 74.8 Å². The van der Waals surface area contributed by atoms with Crippen molar-refractivity contribution in [2.45, 2.75) is 6.54 Å². The predicted molar refractivity (Wildman–Crippen MR) is 60.3 cm³/mol. The normalized spacial score (nSPS) is 10.2. The van der Waals surface area contributed by atoms with Gasteiger partial charge < -0.3 is 10.3 Å². The van der Waals surface area contributed by atoms with Gasteiger partial charge >= 0.3 is 4.87 Å². The summed E-state index contributed by atoms with van der Waals surface area (Å²) in [6.45, 7) is 0.145. The van der Waals surface area contributed by atoms with Crippen molar-refractivity contribution in [1.29, 1.82) is 0 Å². The molecule has 2 rings (SSSR count). The molecule has 2 aromatic rings. The Balaban J connectivity index is 2.03. The standard InChI is InChI=1S/C10H8FN3O2S/c11-8-7(2-1-3-12-8)9(15)13-4-6-5-17-10(16)14-6/h1-3,5H,4H2,(H,13,15)(H,14,16). The Kier molecular flexibility index (Phi) is 3.29. The summed E-state index contributed by atoms with van der Waals surface area (Å²) in [6, 6.07) is 2.82. The smallest absolute Gasteiger partial charge is 0.304 e. The average molecular weight is 253 g/mol. The van der Waals surface area contributed by atoms with E-state index in [-0.39, 0.29) is 17.0 Å². The number of carbonyl (C=O) groups is 1. The Morgan fingerprint density at radius 1 is 1.59 bits per heavy atom.